The quantitative estimate of drug-likeness (QED) is 0.631. The third-order valence-corrected chi connectivity index (χ3v) is 4.58. The third-order valence-electron chi connectivity index (χ3n) is 4.58. The van der Waals surface area contributed by atoms with E-state index in [1.54, 1.807) is 19.2 Å². The number of methoxy groups -OCH3 is 1. The Labute approximate surface area is 162 Å². The molecule has 0 aliphatic heterocycles. The zero-order valence-electron chi connectivity index (χ0n) is 15.6. The van der Waals surface area contributed by atoms with Gasteiger partial charge in [0, 0.05) is 6.54 Å². The van der Waals surface area contributed by atoms with Crippen LogP contribution in [-0.2, 0) is 11.3 Å². The second-order valence-corrected chi connectivity index (χ2v) is 6.43. The molecule has 0 radical (unpaired) electrons. The van der Waals surface area contributed by atoms with Crippen molar-refractivity contribution in [1.82, 2.24) is 5.32 Å². The lowest BCUT2D eigenvalue weighted by Gasteiger charge is -2.14. The van der Waals surface area contributed by atoms with Crippen molar-refractivity contribution in [3.05, 3.63) is 71.8 Å². The highest BCUT2D eigenvalue weighted by atomic mass is 19.3. The van der Waals surface area contributed by atoms with Gasteiger partial charge in [-0.25, -0.2) is 0 Å². The molecule has 0 heterocycles. The average Bonchev–Trinajstić information content (AvgIpc) is 2.71. The van der Waals surface area contributed by atoms with Crippen molar-refractivity contribution in [2.24, 2.45) is 0 Å². The first-order valence-corrected chi connectivity index (χ1v) is 8.85. The van der Waals surface area contributed by atoms with E-state index in [2.05, 4.69) is 10.1 Å². The minimum Gasteiger partial charge on any atom is -0.497 e. The van der Waals surface area contributed by atoms with Crippen LogP contribution in [0.25, 0.3) is 10.8 Å². The van der Waals surface area contributed by atoms with Gasteiger partial charge in [0.05, 0.1) is 13.0 Å². The lowest BCUT2D eigenvalue weighted by molar-refractivity contribution is -0.122. The van der Waals surface area contributed by atoms with Crippen LogP contribution in [0, 0.1) is 0 Å². The first-order valence-electron chi connectivity index (χ1n) is 8.85. The fourth-order valence-electron chi connectivity index (χ4n) is 2.92. The van der Waals surface area contributed by atoms with Crippen molar-refractivity contribution in [3.8, 4) is 11.5 Å². The summed E-state index contributed by atoms with van der Waals surface area (Å²) in [5.41, 5.74) is 1.71. The predicted octanol–water partition coefficient (Wildman–Crippen LogP) is 4.87. The Morgan fingerprint density at radius 2 is 1.61 bits per heavy atom. The van der Waals surface area contributed by atoms with Crippen molar-refractivity contribution in [2.45, 2.75) is 26.0 Å². The summed E-state index contributed by atoms with van der Waals surface area (Å²) in [6.45, 7) is -0.697. The van der Waals surface area contributed by atoms with Crippen molar-refractivity contribution in [3.63, 3.8) is 0 Å². The summed E-state index contributed by atoms with van der Waals surface area (Å²) in [4.78, 5) is 12.5. The number of fused-ring (bicyclic) bond motifs is 1. The predicted molar refractivity (Wildman–Crippen MR) is 104 cm³/mol. The van der Waals surface area contributed by atoms with Gasteiger partial charge in [0.1, 0.15) is 11.5 Å². The molecule has 0 aliphatic carbocycles. The van der Waals surface area contributed by atoms with E-state index in [9.17, 15) is 13.6 Å². The van der Waals surface area contributed by atoms with Gasteiger partial charge >= 0.3 is 6.61 Å². The molecule has 0 aliphatic rings. The number of carbonyl (C=O) groups is 1. The van der Waals surface area contributed by atoms with Crippen LogP contribution in [0.4, 0.5) is 8.78 Å². The van der Waals surface area contributed by atoms with E-state index in [0.717, 1.165) is 27.6 Å². The molecule has 3 rings (SSSR count). The van der Waals surface area contributed by atoms with Crippen LogP contribution in [0.1, 0.15) is 24.0 Å². The van der Waals surface area contributed by atoms with Crippen molar-refractivity contribution < 1.29 is 23.0 Å². The van der Waals surface area contributed by atoms with Gasteiger partial charge in [0.2, 0.25) is 5.91 Å². The first kappa shape index (κ1) is 19.6. The molecule has 4 nitrogen and oxygen atoms in total. The number of benzene rings is 3. The number of nitrogens with one attached hydrogen (secondary N) is 1. The molecular formula is C22H21F2NO3. The molecule has 6 heteroatoms. The second kappa shape index (κ2) is 8.69. The number of hydrogen-bond acceptors (Lipinski definition) is 3. The van der Waals surface area contributed by atoms with Gasteiger partial charge in [0.25, 0.3) is 0 Å². The molecule has 1 amide bonds. The Hall–Kier alpha value is -3.15. The summed E-state index contributed by atoms with van der Waals surface area (Å²) in [6, 6.07) is 17.9. The Kier molecular flexibility index (Phi) is 6.09. The van der Waals surface area contributed by atoms with Gasteiger partial charge in [-0.3, -0.25) is 4.79 Å². The van der Waals surface area contributed by atoms with Crippen LogP contribution >= 0.6 is 0 Å². The van der Waals surface area contributed by atoms with Gasteiger partial charge in [-0.1, -0.05) is 36.4 Å². The number of hydrogen-bond donors (Lipinski definition) is 1. The van der Waals surface area contributed by atoms with Gasteiger partial charge in [-0.2, -0.15) is 8.78 Å². The van der Waals surface area contributed by atoms with E-state index in [1.807, 2.05) is 43.3 Å². The molecule has 3 aromatic rings. The Morgan fingerprint density at radius 1 is 0.964 bits per heavy atom. The van der Waals surface area contributed by atoms with Gasteiger partial charge in [-0.05, 0) is 53.1 Å². The van der Waals surface area contributed by atoms with Crippen LogP contribution < -0.4 is 14.8 Å². The molecule has 0 fully saturated rings. The number of halogens is 2. The SMILES string of the molecule is COc1ccc2cc(C(C)C(=O)NCc3ccc(OC(F)F)cc3)ccc2c1. The number of carbonyl (C=O) groups excluding carboxylic acids is 1. The lowest BCUT2D eigenvalue weighted by Crippen LogP contribution is -2.27. The fourth-order valence-corrected chi connectivity index (χ4v) is 2.92. The van der Waals surface area contributed by atoms with Crippen molar-refractivity contribution in [1.29, 1.82) is 0 Å². The van der Waals surface area contributed by atoms with Gasteiger partial charge < -0.3 is 14.8 Å². The summed E-state index contributed by atoms with van der Waals surface area (Å²) >= 11 is 0. The molecular weight excluding hydrogens is 364 g/mol. The van der Waals surface area contributed by atoms with E-state index >= 15 is 0 Å². The third kappa shape index (κ3) is 4.76. The van der Waals surface area contributed by atoms with E-state index in [-0.39, 0.29) is 17.6 Å². The maximum Gasteiger partial charge on any atom is 0.387 e. The number of rotatable bonds is 7. The highest BCUT2D eigenvalue weighted by Crippen LogP contribution is 2.25. The minimum atomic E-state index is -2.85. The highest BCUT2D eigenvalue weighted by Gasteiger charge is 2.15. The summed E-state index contributed by atoms with van der Waals surface area (Å²) in [6.07, 6.45) is 0. The summed E-state index contributed by atoms with van der Waals surface area (Å²) in [7, 11) is 1.63. The standard InChI is InChI=1S/C22H21F2NO3/c1-14(16-5-6-18-12-20(27-2)10-7-17(18)11-16)21(26)25-13-15-3-8-19(9-4-15)28-22(23)24/h3-12,14,22H,13H2,1-2H3,(H,25,26). The normalized spacial score (nSPS) is 12.0. The van der Waals surface area contributed by atoms with Crippen LogP contribution in [0.15, 0.2) is 60.7 Å². The van der Waals surface area contributed by atoms with E-state index in [0.29, 0.717) is 6.54 Å². The lowest BCUT2D eigenvalue weighted by atomic mass is 9.97. The van der Waals surface area contributed by atoms with Crippen LogP contribution in [0.5, 0.6) is 11.5 Å². The fraction of sp³-hybridized carbons (Fsp3) is 0.227. The maximum absolute atomic E-state index is 12.5. The minimum absolute atomic E-state index is 0.0891. The van der Waals surface area contributed by atoms with Crippen LogP contribution in [0.3, 0.4) is 0 Å². The molecule has 0 saturated carbocycles. The number of ether oxygens (including phenoxy) is 2. The molecule has 0 saturated heterocycles. The summed E-state index contributed by atoms with van der Waals surface area (Å²) < 4.78 is 33.9. The zero-order valence-corrected chi connectivity index (χ0v) is 15.6. The van der Waals surface area contributed by atoms with Crippen molar-refractivity contribution in [2.75, 3.05) is 7.11 Å². The molecule has 0 bridgehead atoms. The van der Waals surface area contributed by atoms with Crippen LogP contribution in [-0.4, -0.2) is 19.6 Å². The molecule has 1 N–H and O–H groups in total. The topological polar surface area (TPSA) is 47.6 Å². The average molecular weight is 385 g/mol. The largest absolute Gasteiger partial charge is 0.497 e. The van der Waals surface area contributed by atoms with Crippen molar-refractivity contribution >= 4 is 16.7 Å². The van der Waals surface area contributed by atoms with E-state index in [4.69, 9.17) is 4.74 Å². The van der Waals surface area contributed by atoms with E-state index in [1.165, 1.54) is 12.1 Å². The molecule has 3 aromatic carbocycles. The molecule has 28 heavy (non-hydrogen) atoms. The zero-order chi connectivity index (χ0) is 20.1. The van der Waals surface area contributed by atoms with Gasteiger partial charge in [0.15, 0.2) is 0 Å². The summed E-state index contributed by atoms with van der Waals surface area (Å²) in [5, 5.41) is 4.95. The van der Waals surface area contributed by atoms with Crippen LogP contribution in [0.2, 0.25) is 0 Å². The highest BCUT2D eigenvalue weighted by molar-refractivity contribution is 5.88. The molecule has 0 spiro atoms. The number of amides is 1. The Bertz CT molecular complexity index is 958. The molecule has 0 aromatic heterocycles. The molecule has 1 atom stereocenters. The second-order valence-electron chi connectivity index (χ2n) is 6.43. The molecule has 1 unspecified atom stereocenters. The Balaban J connectivity index is 1.63. The van der Waals surface area contributed by atoms with E-state index < -0.39 is 6.61 Å². The first-order chi connectivity index (χ1) is 13.5. The Morgan fingerprint density at radius 3 is 2.29 bits per heavy atom. The summed E-state index contributed by atoms with van der Waals surface area (Å²) in [5.74, 6) is 0.441. The maximum atomic E-state index is 12.5. The van der Waals surface area contributed by atoms with Gasteiger partial charge in [-0.15, -0.1) is 0 Å². The monoisotopic (exact) mass is 385 g/mol. The smallest absolute Gasteiger partial charge is 0.387 e. The number of alkyl halides is 2. The molecule has 146 valence electrons.